The van der Waals surface area contributed by atoms with Gasteiger partial charge in [-0.25, -0.2) is 0 Å². The molecule has 0 unspecified atom stereocenters. The number of H-pyrrole nitrogens is 1. The summed E-state index contributed by atoms with van der Waals surface area (Å²) in [6, 6.07) is 5.61. The summed E-state index contributed by atoms with van der Waals surface area (Å²) < 4.78 is 5.85. The molecule has 4 N–H and O–H groups in total. The van der Waals surface area contributed by atoms with Gasteiger partial charge < -0.3 is 25.3 Å². The minimum absolute atomic E-state index is 0.0112. The van der Waals surface area contributed by atoms with Crippen LogP contribution in [0.1, 0.15) is 72.4 Å². The summed E-state index contributed by atoms with van der Waals surface area (Å²) in [6.07, 6.45) is 3.83. The molecule has 2 aliphatic carbocycles. The lowest BCUT2D eigenvalue weighted by molar-refractivity contribution is -0.123. The summed E-state index contributed by atoms with van der Waals surface area (Å²) in [5, 5.41) is 26.7. The number of aromatic hydroxyl groups is 2. The lowest BCUT2D eigenvalue weighted by atomic mass is 9.70. The number of phenols is 2. The number of Topliss-reactive ketones (excluding diaryl/α,β-unsaturated/α-hetero) is 2. The molecule has 1 aliphatic heterocycles. The van der Waals surface area contributed by atoms with Crippen LogP contribution in [0, 0.1) is 6.92 Å². The van der Waals surface area contributed by atoms with Crippen LogP contribution < -0.4 is 10.1 Å². The van der Waals surface area contributed by atoms with E-state index in [1.54, 1.807) is 13.8 Å². The van der Waals surface area contributed by atoms with Gasteiger partial charge in [0.2, 0.25) is 0 Å². The number of aryl methyl sites for hydroxylation is 1. The second-order valence-electron chi connectivity index (χ2n) is 10.7. The number of benzene rings is 2. The number of para-hydroxylation sites is 1. The molecule has 0 spiro atoms. The topological polar surface area (TPSA) is 129 Å². The number of ether oxygens (including phenoxy) is 1. The molecule has 0 bridgehead atoms. The molecule has 3 aromatic rings. The number of hydrogen-bond donors (Lipinski definition) is 4. The van der Waals surface area contributed by atoms with Gasteiger partial charge in [0.25, 0.3) is 0 Å². The van der Waals surface area contributed by atoms with Crippen molar-refractivity contribution in [2.75, 3.05) is 0 Å². The Morgan fingerprint density at radius 3 is 2.67 bits per heavy atom. The van der Waals surface area contributed by atoms with Gasteiger partial charge in [-0.1, -0.05) is 23.7 Å². The van der Waals surface area contributed by atoms with Gasteiger partial charge in [-0.05, 0) is 58.6 Å². The zero-order valence-corrected chi connectivity index (χ0v) is 22.7. The number of halogens is 1. The molecule has 8 nitrogen and oxygen atoms in total. The highest BCUT2D eigenvalue weighted by Gasteiger charge is 2.56. The summed E-state index contributed by atoms with van der Waals surface area (Å²) in [4.78, 5) is 43.3. The largest absolute Gasteiger partial charge is 0.507 e. The van der Waals surface area contributed by atoms with Crippen LogP contribution in [0.15, 0.2) is 41.3 Å². The summed E-state index contributed by atoms with van der Waals surface area (Å²) in [7, 11) is 0. The number of rotatable bonds is 3. The van der Waals surface area contributed by atoms with Crippen molar-refractivity contribution >= 4 is 39.9 Å². The van der Waals surface area contributed by atoms with Gasteiger partial charge in [0.05, 0.1) is 27.7 Å². The minimum Gasteiger partial charge on any atom is -0.507 e. The number of allylic oxidation sites excluding steroid dienone is 4. The third-order valence-corrected chi connectivity index (χ3v) is 8.66. The number of nitrogens with one attached hydrogen (secondary N) is 2. The van der Waals surface area contributed by atoms with Crippen LogP contribution in [0.3, 0.4) is 0 Å². The molecule has 0 saturated carbocycles. The molecule has 0 radical (unpaired) electrons. The fraction of sp³-hybridized carbons (Fsp3) is 0.300. The number of carbonyl (C=O) groups is 3. The van der Waals surface area contributed by atoms with Crippen LogP contribution in [-0.2, 0) is 21.4 Å². The van der Waals surface area contributed by atoms with E-state index in [-0.39, 0.29) is 45.6 Å². The number of aromatic amines is 1. The van der Waals surface area contributed by atoms with E-state index in [0.29, 0.717) is 10.7 Å². The lowest BCUT2D eigenvalue weighted by Crippen LogP contribution is -2.41. The third-order valence-electron chi connectivity index (χ3n) is 8.34. The van der Waals surface area contributed by atoms with E-state index < -0.39 is 28.5 Å². The average Bonchev–Trinajstić information content (AvgIpc) is 3.40. The Balaban J connectivity index is 1.45. The highest BCUT2D eigenvalue weighted by Crippen LogP contribution is 2.57. The van der Waals surface area contributed by atoms with Crippen LogP contribution in [-0.4, -0.2) is 32.5 Å². The smallest absolute Gasteiger partial charge is 0.194 e. The molecule has 1 aromatic heterocycles. The van der Waals surface area contributed by atoms with Gasteiger partial charge in [-0.2, -0.15) is 0 Å². The van der Waals surface area contributed by atoms with Crippen LogP contribution >= 0.6 is 11.6 Å². The zero-order valence-electron chi connectivity index (χ0n) is 21.9. The van der Waals surface area contributed by atoms with Crippen molar-refractivity contribution in [3.05, 3.63) is 74.3 Å². The summed E-state index contributed by atoms with van der Waals surface area (Å²) in [6.45, 7) is 5.97. The first-order valence-corrected chi connectivity index (χ1v) is 13.2. The van der Waals surface area contributed by atoms with Gasteiger partial charge in [-0.15, -0.1) is 0 Å². The van der Waals surface area contributed by atoms with Gasteiger partial charge in [0, 0.05) is 28.4 Å². The Bertz CT molecular complexity index is 1730. The molecular weight excluding hydrogens is 520 g/mol. The number of carbonyl (C=O) groups excluding carboxylic acids is 3. The lowest BCUT2D eigenvalue weighted by Gasteiger charge is -2.30. The molecule has 0 saturated heterocycles. The fourth-order valence-corrected chi connectivity index (χ4v) is 6.51. The maximum atomic E-state index is 14.1. The maximum absolute atomic E-state index is 14.1. The molecule has 2 heterocycles. The number of fused-ring (bicyclic) bond motifs is 6. The van der Waals surface area contributed by atoms with Crippen LogP contribution in [0.4, 0.5) is 0 Å². The Morgan fingerprint density at radius 1 is 1.21 bits per heavy atom. The van der Waals surface area contributed by atoms with Gasteiger partial charge in [0.15, 0.2) is 17.3 Å². The molecule has 3 aliphatic rings. The molecule has 0 fully saturated rings. The molecule has 2 atom stereocenters. The second-order valence-corrected chi connectivity index (χ2v) is 11.1. The molecular formula is C30H27ClN2O6. The molecule has 200 valence electrons. The molecule has 0 amide bonds. The molecule has 9 heteroatoms. The van der Waals surface area contributed by atoms with Crippen molar-refractivity contribution in [1.29, 1.82) is 0 Å². The van der Waals surface area contributed by atoms with Crippen LogP contribution in [0.5, 0.6) is 17.2 Å². The number of aromatic nitrogens is 1. The summed E-state index contributed by atoms with van der Waals surface area (Å²) in [5.41, 5.74) is 1.80. The molecule has 2 aromatic carbocycles. The number of phenolic OH excluding ortho intramolecular Hbond substituents is 2. The van der Waals surface area contributed by atoms with E-state index in [9.17, 15) is 24.6 Å². The standard InChI is InChI=1S/C30H27ClN2O6/c1-12-26(36)22(14(3)34)28-23(27(12)37)30(4)20(39-28)11-19(35)21(29(30)38)13(2)32-18-10-6-8-16-15-7-5-9-17(31)24(15)33-25(16)18/h5,7,9,11,18,32-33,36-37H,6,8,10H2,1-4H3/b21-13+/t18-,30+/m1/s1. The van der Waals surface area contributed by atoms with E-state index in [1.807, 2.05) is 18.2 Å². The normalized spacial score (nSPS) is 23.1. The van der Waals surface area contributed by atoms with Gasteiger partial charge >= 0.3 is 0 Å². The Kier molecular flexibility index (Phi) is 5.49. The summed E-state index contributed by atoms with van der Waals surface area (Å²) >= 11 is 6.44. The zero-order chi connectivity index (χ0) is 28.0. The van der Waals surface area contributed by atoms with Crippen molar-refractivity contribution in [2.24, 2.45) is 0 Å². The monoisotopic (exact) mass is 546 g/mol. The first-order valence-electron chi connectivity index (χ1n) is 12.8. The first kappa shape index (κ1) is 25.2. The van der Waals surface area contributed by atoms with Crippen molar-refractivity contribution < 1.29 is 29.3 Å². The Hall–Kier alpha value is -4.04. The fourth-order valence-electron chi connectivity index (χ4n) is 6.29. The molecule has 39 heavy (non-hydrogen) atoms. The third kappa shape index (κ3) is 3.34. The average molecular weight is 547 g/mol. The predicted molar refractivity (Wildman–Crippen MR) is 145 cm³/mol. The number of hydrogen-bond acceptors (Lipinski definition) is 7. The minimum atomic E-state index is -1.55. The van der Waals surface area contributed by atoms with E-state index in [0.717, 1.165) is 35.9 Å². The first-order chi connectivity index (χ1) is 18.5. The van der Waals surface area contributed by atoms with Crippen molar-refractivity contribution in [3.8, 4) is 17.2 Å². The maximum Gasteiger partial charge on any atom is 0.194 e. The van der Waals surface area contributed by atoms with Crippen molar-refractivity contribution in [3.63, 3.8) is 0 Å². The van der Waals surface area contributed by atoms with Crippen LogP contribution in [0.25, 0.3) is 10.9 Å². The van der Waals surface area contributed by atoms with Crippen molar-refractivity contribution in [2.45, 2.75) is 58.4 Å². The summed E-state index contributed by atoms with van der Waals surface area (Å²) in [5.74, 6) is -2.44. The highest BCUT2D eigenvalue weighted by atomic mass is 35.5. The van der Waals surface area contributed by atoms with E-state index >= 15 is 0 Å². The SMILES string of the molecule is CC(=O)c1c(O)c(C)c(O)c2c1OC1=CC(=O)/C(=C(/C)N[C@@H]3CCCc4c3[nH]c3c(Cl)cccc43)C(=O)[C@@]12C. The van der Waals surface area contributed by atoms with Gasteiger partial charge in [0.1, 0.15) is 34.0 Å². The Morgan fingerprint density at radius 2 is 1.95 bits per heavy atom. The van der Waals surface area contributed by atoms with Gasteiger partial charge in [-0.3, -0.25) is 14.4 Å². The van der Waals surface area contributed by atoms with E-state index in [2.05, 4.69) is 10.3 Å². The predicted octanol–water partition coefficient (Wildman–Crippen LogP) is 5.37. The van der Waals surface area contributed by atoms with E-state index in [1.165, 1.54) is 25.5 Å². The quantitative estimate of drug-likeness (QED) is 0.197. The highest BCUT2D eigenvalue weighted by molar-refractivity contribution is 6.35. The number of ketones is 3. The molecule has 6 rings (SSSR count). The van der Waals surface area contributed by atoms with Crippen LogP contribution in [0.2, 0.25) is 5.02 Å². The Labute approximate surface area is 229 Å². The van der Waals surface area contributed by atoms with E-state index in [4.69, 9.17) is 16.3 Å². The second kappa shape index (κ2) is 8.48. The van der Waals surface area contributed by atoms with Crippen molar-refractivity contribution in [1.82, 2.24) is 10.3 Å².